The third-order valence-electron chi connectivity index (χ3n) is 2.78. The molecule has 0 bridgehead atoms. The normalized spacial score (nSPS) is 10.9. The molecule has 2 aromatic heterocycles. The number of nitrogens with one attached hydrogen (secondary N) is 1. The fourth-order valence-electron chi connectivity index (χ4n) is 1.95. The van der Waals surface area contributed by atoms with Gasteiger partial charge in [0.15, 0.2) is 5.65 Å². The van der Waals surface area contributed by atoms with Crippen molar-refractivity contribution in [3.8, 4) is 11.3 Å². The minimum atomic E-state index is -0.0161. The maximum absolute atomic E-state index is 12.0. The van der Waals surface area contributed by atoms with Crippen LogP contribution in [0.25, 0.3) is 22.4 Å². The van der Waals surface area contributed by atoms with Gasteiger partial charge in [0.1, 0.15) is 5.52 Å². The Balaban J connectivity index is 2.30. The monoisotopic (exact) mass is 225 g/mol. The molecule has 17 heavy (non-hydrogen) atoms. The van der Waals surface area contributed by atoms with E-state index in [0.29, 0.717) is 11.2 Å². The van der Waals surface area contributed by atoms with E-state index in [1.807, 2.05) is 37.4 Å². The van der Waals surface area contributed by atoms with E-state index in [1.165, 1.54) is 0 Å². The summed E-state index contributed by atoms with van der Waals surface area (Å²) in [4.78, 5) is 19.3. The Morgan fingerprint density at radius 2 is 2.00 bits per heavy atom. The molecule has 4 nitrogen and oxygen atoms in total. The van der Waals surface area contributed by atoms with Gasteiger partial charge in [-0.05, 0) is 5.56 Å². The van der Waals surface area contributed by atoms with Crippen LogP contribution in [0.5, 0.6) is 0 Å². The number of imidazole rings is 1. The Hall–Kier alpha value is -2.36. The Bertz CT molecular complexity index is 725. The SMILES string of the molecule is Cn1cnc2[nH]c(-c3ccccc3)cc(=O)c21. The Kier molecular flexibility index (Phi) is 2.08. The summed E-state index contributed by atoms with van der Waals surface area (Å²) in [6, 6.07) is 11.4. The van der Waals surface area contributed by atoms with Crippen LogP contribution in [0.2, 0.25) is 0 Å². The van der Waals surface area contributed by atoms with Gasteiger partial charge < -0.3 is 9.55 Å². The van der Waals surface area contributed by atoms with Gasteiger partial charge in [-0.1, -0.05) is 30.3 Å². The Morgan fingerprint density at radius 1 is 1.24 bits per heavy atom. The summed E-state index contributed by atoms with van der Waals surface area (Å²) in [5, 5.41) is 0. The van der Waals surface area contributed by atoms with Crippen LogP contribution in [-0.2, 0) is 7.05 Å². The lowest BCUT2D eigenvalue weighted by Gasteiger charge is -2.01. The fraction of sp³-hybridized carbons (Fsp3) is 0.0769. The molecule has 0 unspecified atom stereocenters. The van der Waals surface area contributed by atoms with E-state index < -0.39 is 0 Å². The van der Waals surface area contributed by atoms with Gasteiger partial charge >= 0.3 is 0 Å². The first-order chi connectivity index (χ1) is 8.25. The van der Waals surface area contributed by atoms with Crippen molar-refractivity contribution in [3.63, 3.8) is 0 Å². The van der Waals surface area contributed by atoms with Crippen molar-refractivity contribution < 1.29 is 0 Å². The molecule has 2 heterocycles. The van der Waals surface area contributed by atoms with E-state index in [9.17, 15) is 4.79 Å². The summed E-state index contributed by atoms with van der Waals surface area (Å²) in [6.45, 7) is 0. The van der Waals surface area contributed by atoms with Crippen LogP contribution < -0.4 is 5.43 Å². The molecule has 3 rings (SSSR count). The van der Waals surface area contributed by atoms with Gasteiger partial charge in [0.25, 0.3) is 0 Å². The van der Waals surface area contributed by atoms with Crippen LogP contribution in [0.1, 0.15) is 0 Å². The molecule has 84 valence electrons. The van der Waals surface area contributed by atoms with Crippen molar-refractivity contribution in [1.29, 1.82) is 0 Å². The number of aromatic amines is 1. The molecule has 3 aromatic rings. The van der Waals surface area contributed by atoms with Gasteiger partial charge in [-0.25, -0.2) is 4.98 Å². The van der Waals surface area contributed by atoms with Crippen LogP contribution in [-0.4, -0.2) is 14.5 Å². The highest BCUT2D eigenvalue weighted by atomic mass is 16.1. The molecule has 0 saturated heterocycles. The van der Waals surface area contributed by atoms with Gasteiger partial charge in [0.2, 0.25) is 5.43 Å². The smallest absolute Gasteiger partial charge is 0.208 e. The van der Waals surface area contributed by atoms with Gasteiger partial charge in [-0.3, -0.25) is 4.79 Å². The van der Waals surface area contributed by atoms with Gasteiger partial charge in [-0.15, -0.1) is 0 Å². The number of aromatic nitrogens is 3. The second kappa shape index (κ2) is 3.59. The molecule has 0 fully saturated rings. The number of pyridine rings is 1. The van der Waals surface area contributed by atoms with E-state index in [2.05, 4.69) is 9.97 Å². The first kappa shape index (κ1) is 9.84. The van der Waals surface area contributed by atoms with E-state index >= 15 is 0 Å². The molecule has 1 aromatic carbocycles. The summed E-state index contributed by atoms with van der Waals surface area (Å²) in [6.07, 6.45) is 1.64. The van der Waals surface area contributed by atoms with Gasteiger partial charge in [0.05, 0.1) is 12.0 Å². The molecule has 1 N–H and O–H groups in total. The number of benzene rings is 1. The first-order valence-electron chi connectivity index (χ1n) is 5.35. The van der Waals surface area contributed by atoms with Crippen molar-refractivity contribution in [2.75, 3.05) is 0 Å². The topological polar surface area (TPSA) is 50.7 Å². The van der Waals surface area contributed by atoms with Crippen LogP contribution >= 0.6 is 0 Å². The molecule has 0 aliphatic rings. The van der Waals surface area contributed by atoms with Crippen LogP contribution in [0, 0.1) is 0 Å². The van der Waals surface area contributed by atoms with Gasteiger partial charge in [0, 0.05) is 13.1 Å². The number of fused-ring (bicyclic) bond motifs is 1. The zero-order valence-corrected chi connectivity index (χ0v) is 9.34. The maximum Gasteiger partial charge on any atom is 0.208 e. The molecule has 0 amide bonds. The lowest BCUT2D eigenvalue weighted by atomic mass is 10.1. The van der Waals surface area contributed by atoms with Crippen molar-refractivity contribution in [1.82, 2.24) is 14.5 Å². The Morgan fingerprint density at radius 3 is 2.76 bits per heavy atom. The highest BCUT2D eigenvalue weighted by Crippen LogP contribution is 2.16. The molecule has 0 radical (unpaired) electrons. The third-order valence-corrected chi connectivity index (χ3v) is 2.78. The van der Waals surface area contributed by atoms with Crippen LogP contribution in [0.3, 0.4) is 0 Å². The minimum absolute atomic E-state index is 0.0161. The largest absolute Gasteiger partial charge is 0.338 e. The van der Waals surface area contributed by atoms with Crippen molar-refractivity contribution in [2.24, 2.45) is 7.05 Å². The highest BCUT2D eigenvalue weighted by molar-refractivity contribution is 5.75. The molecule has 4 heteroatoms. The average molecular weight is 225 g/mol. The second-order valence-electron chi connectivity index (χ2n) is 3.97. The summed E-state index contributed by atoms with van der Waals surface area (Å²) in [7, 11) is 1.81. The molecule has 0 saturated carbocycles. The van der Waals surface area contributed by atoms with Gasteiger partial charge in [-0.2, -0.15) is 0 Å². The number of hydrogen-bond donors (Lipinski definition) is 1. The second-order valence-corrected chi connectivity index (χ2v) is 3.97. The molecule has 0 atom stereocenters. The number of H-pyrrole nitrogens is 1. The predicted octanol–water partition coefficient (Wildman–Crippen LogP) is 1.93. The quantitative estimate of drug-likeness (QED) is 0.688. The number of rotatable bonds is 1. The van der Waals surface area contributed by atoms with Crippen molar-refractivity contribution in [2.45, 2.75) is 0 Å². The van der Waals surface area contributed by atoms with Crippen molar-refractivity contribution >= 4 is 11.2 Å². The standard InChI is InChI=1S/C13H11N3O/c1-16-8-14-13-12(16)11(17)7-10(15-13)9-5-3-2-4-6-9/h2-8H,1H3,(H,15,17). The van der Waals surface area contributed by atoms with Crippen molar-refractivity contribution in [3.05, 3.63) is 52.9 Å². The zero-order chi connectivity index (χ0) is 11.8. The summed E-state index contributed by atoms with van der Waals surface area (Å²) < 4.78 is 1.73. The van der Waals surface area contributed by atoms with Crippen LogP contribution in [0.15, 0.2) is 47.5 Å². The Labute approximate surface area is 97.6 Å². The zero-order valence-electron chi connectivity index (χ0n) is 9.34. The van der Waals surface area contributed by atoms with E-state index in [0.717, 1.165) is 11.3 Å². The highest BCUT2D eigenvalue weighted by Gasteiger charge is 2.07. The molecular formula is C13H11N3O. The van der Waals surface area contributed by atoms with E-state index in [1.54, 1.807) is 17.0 Å². The molecule has 0 aliphatic carbocycles. The number of aryl methyl sites for hydroxylation is 1. The summed E-state index contributed by atoms with van der Waals surface area (Å²) >= 11 is 0. The molecule has 0 aliphatic heterocycles. The molecule has 0 spiro atoms. The average Bonchev–Trinajstić information content (AvgIpc) is 2.73. The number of hydrogen-bond acceptors (Lipinski definition) is 2. The first-order valence-corrected chi connectivity index (χ1v) is 5.35. The number of nitrogens with zero attached hydrogens (tertiary/aromatic N) is 2. The third kappa shape index (κ3) is 1.54. The maximum atomic E-state index is 12.0. The minimum Gasteiger partial charge on any atom is -0.338 e. The van der Waals surface area contributed by atoms with E-state index in [4.69, 9.17) is 0 Å². The lowest BCUT2D eigenvalue weighted by molar-refractivity contribution is 0.944. The molecular weight excluding hydrogens is 214 g/mol. The lowest BCUT2D eigenvalue weighted by Crippen LogP contribution is -2.06. The predicted molar refractivity (Wildman–Crippen MR) is 66.8 cm³/mol. The van der Waals surface area contributed by atoms with E-state index in [-0.39, 0.29) is 5.43 Å². The summed E-state index contributed by atoms with van der Waals surface area (Å²) in [5.74, 6) is 0. The fourth-order valence-corrected chi connectivity index (χ4v) is 1.95. The van der Waals surface area contributed by atoms with Crippen LogP contribution in [0.4, 0.5) is 0 Å². The summed E-state index contributed by atoms with van der Waals surface area (Å²) in [5.41, 5.74) is 2.99.